The van der Waals surface area contributed by atoms with E-state index in [1.165, 1.54) is 4.90 Å². The van der Waals surface area contributed by atoms with Crippen molar-refractivity contribution in [1.82, 2.24) is 30.0 Å². The highest BCUT2D eigenvalue weighted by molar-refractivity contribution is 6.32. The highest BCUT2D eigenvalue weighted by Gasteiger charge is 2.22. The van der Waals surface area contributed by atoms with Gasteiger partial charge in [0.2, 0.25) is 11.9 Å². The van der Waals surface area contributed by atoms with Gasteiger partial charge < -0.3 is 15.1 Å². The molecule has 0 aliphatic carbocycles. The first-order chi connectivity index (χ1) is 12.4. The molecule has 1 amide bonds. The van der Waals surface area contributed by atoms with Gasteiger partial charge in [0, 0.05) is 27.3 Å². The number of aromatic nitrogens is 4. The number of hydrogen-bond acceptors (Lipinski definition) is 7. The first kappa shape index (κ1) is 18.4. The Morgan fingerprint density at radius 2 is 2.23 bits per heavy atom. The normalized spacial score (nSPS) is 16.5. The maximum absolute atomic E-state index is 11.8. The van der Waals surface area contributed by atoms with Crippen LogP contribution in [0.25, 0.3) is 0 Å². The summed E-state index contributed by atoms with van der Waals surface area (Å²) in [7, 11) is 5.39. The van der Waals surface area contributed by atoms with Gasteiger partial charge in [0.05, 0.1) is 24.2 Å². The van der Waals surface area contributed by atoms with Crippen molar-refractivity contribution in [3.63, 3.8) is 0 Å². The molecule has 0 spiro atoms. The van der Waals surface area contributed by atoms with Crippen LogP contribution in [0.4, 0.5) is 17.5 Å². The zero-order valence-electron chi connectivity index (χ0n) is 15.1. The molecule has 0 saturated carbocycles. The number of nitrogens with zero attached hydrogens (tertiary/aromatic N) is 6. The van der Waals surface area contributed by atoms with Crippen LogP contribution in [-0.4, -0.2) is 64.4 Å². The van der Waals surface area contributed by atoms with Crippen LogP contribution in [0.2, 0.25) is 5.02 Å². The molecule has 26 heavy (non-hydrogen) atoms. The molecule has 140 valence electrons. The average molecular weight is 379 g/mol. The highest BCUT2D eigenvalue weighted by atomic mass is 35.5. The van der Waals surface area contributed by atoms with Gasteiger partial charge in [0.1, 0.15) is 11.6 Å². The van der Waals surface area contributed by atoms with Gasteiger partial charge in [0.25, 0.3) is 0 Å². The number of likely N-dealkylation sites (N-methyl/N-ethyl adjacent to an activating group) is 1. The fourth-order valence-electron chi connectivity index (χ4n) is 2.73. The molecular weight excluding hydrogens is 356 g/mol. The first-order valence-corrected chi connectivity index (χ1v) is 8.80. The van der Waals surface area contributed by atoms with E-state index < -0.39 is 0 Å². The predicted molar refractivity (Wildman–Crippen MR) is 101 cm³/mol. The molecule has 1 atom stereocenters. The van der Waals surface area contributed by atoms with E-state index in [4.69, 9.17) is 11.6 Å². The minimum absolute atomic E-state index is 0.0321. The Morgan fingerprint density at radius 1 is 1.42 bits per heavy atom. The molecule has 2 N–H and O–H groups in total. The second kappa shape index (κ2) is 7.88. The minimum Gasteiger partial charge on any atom is -0.347 e. The van der Waals surface area contributed by atoms with Crippen molar-refractivity contribution in [2.75, 3.05) is 37.9 Å². The standard InChI is InChI=1S/C16H23ClN8O/c1-23(2)14(26)10-25-9-11(7-20-25)21-16-19-8-12(17)15(22-16)24(3)13-5-4-6-18-13/h7-9,13,18H,4-6,10H2,1-3H3,(H,19,21,22)/t13-/m0/s1. The highest BCUT2D eigenvalue weighted by Crippen LogP contribution is 2.26. The average Bonchev–Trinajstić information content (AvgIpc) is 3.28. The molecule has 1 fully saturated rings. The molecule has 0 aromatic carbocycles. The number of hydrogen-bond donors (Lipinski definition) is 2. The Bertz CT molecular complexity index is 771. The molecule has 1 aliphatic heterocycles. The molecule has 10 heteroatoms. The van der Waals surface area contributed by atoms with E-state index in [1.54, 1.807) is 37.4 Å². The van der Waals surface area contributed by atoms with Crippen molar-refractivity contribution in [3.05, 3.63) is 23.6 Å². The van der Waals surface area contributed by atoms with Gasteiger partial charge in [-0.3, -0.25) is 14.8 Å². The monoisotopic (exact) mass is 378 g/mol. The van der Waals surface area contributed by atoms with Gasteiger partial charge in [-0.2, -0.15) is 10.1 Å². The van der Waals surface area contributed by atoms with Crippen molar-refractivity contribution in [3.8, 4) is 0 Å². The molecular formula is C16H23ClN8O. The number of anilines is 3. The summed E-state index contributed by atoms with van der Waals surface area (Å²) in [6, 6.07) is 0. The molecule has 3 rings (SSSR count). The Hall–Kier alpha value is -2.39. The summed E-state index contributed by atoms with van der Waals surface area (Å²) in [6.07, 6.45) is 7.34. The van der Waals surface area contributed by atoms with E-state index in [-0.39, 0.29) is 18.6 Å². The number of nitrogens with one attached hydrogen (secondary N) is 2. The minimum atomic E-state index is -0.0321. The van der Waals surface area contributed by atoms with Crippen LogP contribution in [0.3, 0.4) is 0 Å². The topological polar surface area (TPSA) is 91.2 Å². The molecule has 3 heterocycles. The van der Waals surface area contributed by atoms with E-state index in [0.717, 1.165) is 19.4 Å². The smallest absolute Gasteiger partial charge is 0.243 e. The van der Waals surface area contributed by atoms with E-state index in [0.29, 0.717) is 22.5 Å². The van der Waals surface area contributed by atoms with Gasteiger partial charge >= 0.3 is 0 Å². The number of carbonyl (C=O) groups is 1. The van der Waals surface area contributed by atoms with E-state index in [9.17, 15) is 4.79 Å². The van der Waals surface area contributed by atoms with Gasteiger partial charge in [-0.25, -0.2) is 4.98 Å². The molecule has 1 aliphatic rings. The molecule has 9 nitrogen and oxygen atoms in total. The Morgan fingerprint density at radius 3 is 2.92 bits per heavy atom. The van der Waals surface area contributed by atoms with Crippen molar-refractivity contribution in [1.29, 1.82) is 0 Å². The number of amides is 1. The number of rotatable bonds is 6. The van der Waals surface area contributed by atoms with Gasteiger partial charge in [-0.05, 0) is 19.4 Å². The van der Waals surface area contributed by atoms with Gasteiger partial charge in [-0.1, -0.05) is 11.6 Å². The van der Waals surface area contributed by atoms with E-state index in [1.807, 2.05) is 11.9 Å². The van der Waals surface area contributed by atoms with Crippen molar-refractivity contribution >= 4 is 35.0 Å². The van der Waals surface area contributed by atoms with Crippen LogP contribution in [0, 0.1) is 0 Å². The largest absolute Gasteiger partial charge is 0.347 e. The zero-order chi connectivity index (χ0) is 18.7. The number of carbonyl (C=O) groups excluding carboxylic acids is 1. The lowest BCUT2D eigenvalue weighted by atomic mass is 10.3. The van der Waals surface area contributed by atoms with Crippen LogP contribution in [0.15, 0.2) is 18.6 Å². The third-order valence-corrected chi connectivity index (χ3v) is 4.51. The van der Waals surface area contributed by atoms with E-state index in [2.05, 4.69) is 25.7 Å². The van der Waals surface area contributed by atoms with Gasteiger partial charge in [0.15, 0.2) is 5.82 Å². The van der Waals surface area contributed by atoms with Gasteiger partial charge in [-0.15, -0.1) is 0 Å². The molecule has 0 unspecified atom stereocenters. The Labute approximate surface area is 157 Å². The predicted octanol–water partition coefficient (Wildman–Crippen LogP) is 1.30. The third-order valence-electron chi connectivity index (χ3n) is 4.25. The molecule has 2 aromatic rings. The van der Waals surface area contributed by atoms with E-state index >= 15 is 0 Å². The van der Waals surface area contributed by atoms with Crippen LogP contribution >= 0.6 is 11.6 Å². The van der Waals surface area contributed by atoms with Crippen LogP contribution in [-0.2, 0) is 11.3 Å². The SMILES string of the molecule is CN(C)C(=O)Cn1cc(Nc2ncc(Cl)c(N(C)[C@H]3CCCN3)n2)cn1. The fraction of sp³-hybridized carbons (Fsp3) is 0.500. The quantitative estimate of drug-likeness (QED) is 0.782. The molecule has 0 bridgehead atoms. The first-order valence-electron chi connectivity index (χ1n) is 8.42. The Balaban J connectivity index is 1.71. The molecule has 0 radical (unpaired) electrons. The fourth-order valence-corrected chi connectivity index (χ4v) is 2.96. The van der Waals surface area contributed by atoms with Crippen molar-refractivity contribution in [2.45, 2.75) is 25.6 Å². The summed E-state index contributed by atoms with van der Waals surface area (Å²) in [5.74, 6) is 1.06. The summed E-state index contributed by atoms with van der Waals surface area (Å²) in [4.78, 5) is 24.1. The van der Waals surface area contributed by atoms with Crippen molar-refractivity contribution in [2.24, 2.45) is 0 Å². The summed E-state index contributed by atoms with van der Waals surface area (Å²) in [5.41, 5.74) is 0.700. The third kappa shape index (κ3) is 4.23. The maximum atomic E-state index is 11.8. The van der Waals surface area contributed by atoms with Crippen LogP contribution in [0.1, 0.15) is 12.8 Å². The van der Waals surface area contributed by atoms with Crippen LogP contribution in [0.5, 0.6) is 0 Å². The molecule has 1 saturated heterocycles. The zero-order valence-corrected chi connectivity index (χ0v) is 15.9. The lowest BCUT2D eigenvalue weighted by molar-refractivity contribution is -0.129. The summed E-state index contributed by atoms with van der Waals surface area (Å²) in [6.45, 7) is 1.17. The lowest BCUT2D eigenvalue weighted by Gasteiger charge is -2.26. The summed E-state index contributed by atoms with van der Waals surface area (Å²) in [5, 5.41) is 11.2. The summed E-state index contributed by atoms with van der Waals surface area (Å²) < 4.78 is 1.57. The second-order valence-electron chi connectivity index (χ2n) is 6.43. The lowest BCUT2D eigenvalue weighted by Crippen LogP contribution is -2.39. The van der Waals surface area contributed by atoms with Crippen molar-refractivity contribution < 1.29 is 4.79 Å². The summed E-state index contributed by atoms with van der Waals surface area (Å²) >= 11 is 6.28. The Kier molecular flexibility index (Phi) is 5.58. The second-order valence-corrected chi connectivity index (χ2v) is 6.84. The molecule has 2 aromatic heterocycles. The van der Waals surface area contributed by atoms with Crippen LogP contribution < -0.4 is 15.5 Å². The maximum Gasteiger partial charge on any atom is 0.243 e. The number of halogens is 1.